The van der Waals surface area contributed by atoms with Crippen molar-refractivity contribution in [3.8, 4) is 5.69 Å². The van der Waals surface area contributed by atoms with Gasteiger partial charge in [0.2, 0.25) is 0 Å². The largest absolute Gasteiger partial charge is 0.465 e. The second-order valence-electron chi connectivity index (χ2n) is 4.30. The van der Waals surface area contributed by atoms with E-state index in [1.807, 2.05) is 0 Å². The lowest BCUT2D eigenvalue weighted by atomic mass is 10.2. The fourth-order valence-corrected chi connectivity index (χ4v) is 1.75. The molecule has 2 aromatic rings. The molecule has 1 amide bonds. The molecular formula is C13H10F3N3O3. The Morgan fingerprint density at radius 3 is 2.64 bits per heavy atom. The van der Waals surface area contributed by atoms with Crippen molar-refractivity contribution in [2.45, 2.75) is 12.7 Å². The van der Waals surface area contributed by atoms with Gasteiger partial charge in [0.15, 0.2) is 0 Å². The summed E-state index contributed by atoms with van der Waals surface area (Å²) in [6.07, 6.45) is -3.61. The summed E-state index contributed by atoms with van der Waals surface area (Å²) < 4.78 is 38.8. The molecule has 0 aromatic carbocycles. The number of hydrogen-bond donors (Lipinski definition) is 2. The summed E-state index contributed by atoms with van der Waals surface area (Å²) in [4.78, 5) is 25.5. The number of halogens is 3. The van der Waals surface area contributed by atoms with Crippen molar-refractivity contribution in [2.75, 3.05) is 0 Å². The Hall–Kier alpha value is -2.84. The van der Waals surface area contributed by atoms with Gasteiger partial charge in [-0.1, -0.05) is 0 Å². The van der Waals surface area contributed by atoms with E-state index in [9.17, 15) is 22.8 Å². The summed E-state index contributed by atoms with van der Waals surface area (Å²) in [7, 11) is 0. The molecule has 0 saturated heterocycles. The smallest absolute Gasteiger partial charge is 0.433 e. The number of hydrogen-bond acceptors (Lipinski definition) is 3. The monoisotopic (exact) mass is 313 g/mol. The molecule has 0 aliphatic rings. The van der Waals surface area contributed by atoms with Crippen molar-refractivity contribution in [1.29, 1.82) is 0 Å². The highest BCUT2D eigenvalue weighted by Gasteiger charge is 2.32. The van der Waals surface area contributed by atoms with Gasteiger partial charge < -0.3 is 10.4 Å². The minimum absolute atomic E-state index is 0.0186. The molecule has 2 N–H and O–H groups in total. The number of aromatic nitrogens is 2. The van der Waals surface area contributed by atoms with E-state index in [1.54, 1.807) is 0 Å². The summed E-state index contributed by atoms with van der Waals surface area (Å²) in [5, 5.41) is 10.6. The van der Waals surface area contributed by atoms with Crippen LogP contribution < -0.4 is 10.9 Å². The zero-order valence-corrected chi connectivity index (χ0v) is 11.0. The van der Waals surface area contributed by atoms with Crippen LogP contribution in [0.3, 0.4) is 0 Å². The number of nitrogens with one attached hydrogen (secondary N) is 1. The molecule has 116 valence electrons. The summed E-state index contributed by atoms with van der Waals surface area (Å²) in [6, 6.07) is 4.61. The lowest BCUT2D eigenvalue weighted by Gasteiger charge is -2.10. The van der Waals surface area contributed by atoms with Gasteiger partial charge in [0, 0.05) is 25.0 Å². The first-order chi connectivity index (χ1) is 10.3. The summed E-state index contributed by atoms with van der Waals surface area (Å²) in [5.74, 6) is 0. The molecule has 0 aliphatic carbocycles. The first-order valence-electron chi connectivity index (χ1n) is 5.99. The zero-order chi connectivity index (χ0) is 16.3. The van der Waals surface area contributed by atoms with E-state index < -0.39 is 23.5 Å². The molecule has 0 atom stereocenters. The topological polar surface area (TPSA) is 84.2 Å². The van der Waals surface area contributed by atoms with Gasteiger partial charge in [-0.25, -0.2) is 4.79 Å². The van der Waals surface area contributed by atoms with Crippen LogP contribution in [-0.4, -0.2) is 20.8 Å². The number of pyridine rings is 2. The maximum absolute atomic E-state index is 12.6. The van der Waals surface area contributed by atoms with E-state index in [0.29, 0.717) is 5.56 Å². The van der Waals surface area contributed by atoms with Crippen molar-refractivity contribution < 1.29 is 23.1 Å². The van der Waals surface area contributed by atoms with Crippen LogP contribution in [0.15, 0.2) is 41.5 Å². The SMILES string of the molecule is O=C(O)NCc1ccn(-c2ccnc(C(F)(F)F)c2)c(=O)c1. The third-order valence-electron chi connectivity index (χ3n) is 2.74. The third-order valence-corrected chi connectivity index (χ3v) is 2.74. The normalized spacial score (nSPS) is 11.2. The molecule has 9 heteroatoms. The molecule has 2 rings (SSSR count). The van der Waals surface area contributed by atoms with Crippen molar-refractivity contribution >= 4 is 6.09 Å². The van der Waals surface area contributed by atoms with Crippen LogP contribution in [0.4, 0.5) is 18.0 Å². The van der Waals surface area contributed by atoms with Crippen molar-refractivity contribution in [3.05, 3.63) is 58.3 Å². The van der Waals surface area contributed by atoms with Gasteiger partial charge in [-0.2, -0.15) is 13.2 Å². The lowest BCUT2D eigenvalue weighted by molar-refractivity contribution is -0.141. The van der Waals surface area contributed by atoms with E-state index in [2.05, 4.69) is 10.3 Å². The van der Waals surface area contributed by atoms with E-state index in [1.165, 1.54) is 18.3 Å². The second-order valence-corrected chi connectivity index (χ2v) is 4.30. The average Bonchev–Trinajstić information content (AvgIpc) is 2.44. The molecule has 0 fully saturated rings. The Labute approximate surface area is 121 Å². The fourth-order valence-electron chi connectivity index (χ4n) is 1.75. The predicted molar refractivity (Wildman–Crippen MR) is 69.7 cm³/mol. The van der Waals surface area contributed by atoms with Gasteiger partial charge in [-0.3, -0.25) is 14.3 Å². The molecule has 0 unspecified atom stereocenters. The maximum Gasteiger partial charge on any atom is 0.433 e. The molecule has 2 heterocycles. The Bertz CT molecular complexity index is 756. The molecule has 6 nitrogen and oxygen atoms in total. The molecule has 0 bridgehead atoms. The average molecular weight is 313 g/mol. The molecule has 0 aliphatic heterocycles. The van der Waals surface area contributed by atoms with Gasteiger partial charge in [0.05, 0.1) is 5.69 Å². The molecular weight excluding hydrogens is 303 g/mol. The van der Waals surface area contributed by atoms with Gasteiger partial charge in [0.1, 0.15) is 5.69 Å². The van der Waals surface area contributed by atoms with E-state index in [-0.39, 0.29) is 12.2 Å². The van der Waals surface area contributed by atoms with E-state index in [0.717, 1.165) is 22.9 Å². The predicted octanol–water partition coefficient (Wildman–Crippen LogP) is 2.02. The number of rotatable bonds is 3. The van der Waals surface area contributed by atoms with Gasteiger partial charge >= 0.3 is 12.3 Å². The minimum atomic E-state index is -4.61. The first-order valence-corrected chi connectivity index (χ1v) is 5.99. The number of carboxylic acid groups (broad SMARTS) is 1. The van der Waals surface area contributed by atoms with Crippen molar-refractivity contribution in [3.63, 3.8) is 0 Å². The first kappa shape index (κ1) is 15.5. The number of alkyl halides is 3. The standard InChI is InChI=1S/C13H10F3N3O3/c14-13(15,16)10-6-9(1-3-17-10)19-4-2-8(5-11(19)20)7-18-12(21)22/h1-6,18H,7H2,(H,21,22). The van der Waals surface area contributed by atoms with Crippen LogP contribution >= 0.6 is 0 Å². The number of carbonyl (C=O) groups is 1. The Balaban J connectivity index is 2.34. The Morgan fingerprint density at radius 2 is 2.05 bits per heavy atom. The highest BCUT2D eigenvalue weighted by Crippen LogP contribution is 2.28. The zero-order valence-electron chi connectivity index (χ0n) is 11.0. The fraction of sp³-hybridized carbons (Fsp3) is 0.154. The van der Waals surface area contributed by atoms with Crippen LogP contribution in [0.25, 0.3) is 5.69 Å². The molecule has 0 radical (unpaired) electrons. The van der Waals surface area contributed by atoms with Crippen LogP contribution in [0.2, 0.25) is 0 Å². The summed E-state index contributed by atoms with van der Waals surface area (Å²) in [6.45, 7) is -0.0738. The van der Waals surface area contributed by atoms with Gasteiger partial charge in [-0.05, 0) is 23.8 Å². The summed E-state index contributed by atoms with van der Waals surface area (Å²) in [5.41, 5.74) is -1.27. The Morgan fingerprint density at radius 1 is 1.32 bits per heavy atom. The van der Waals surface area contributed by atoms with Crippen LogP contribution in [0.1, 0.15) is 11.3 Å². The second kappa shape index (κ2) is 5.88. The Kier molecular flexibility index (Phi) is 4.15. The van der Waals surface area contributed by atoms with E-state index in [4.69, 9.17) is 5.11 Å². The maximum atomic E-state index is 12.6. The van der Waals surface area contributed by atoms with Crippen LogP contribution in [0.5, 0.6) is 0 Å². The lowest BCUT2D eigenvalue weighted by Crippen LogP contribution is -2.23. The summed E-state index contributed by atoms with van der Waals surface area (Å²) >= 11 is 0. The molecule has 2 aromatic heterocycles. The highest BCUT2D eigenvalue weighted by atomic mass is 19.4. The van der Waals surface area contributed by atoms with Crippen molar-refractivity contribution in [2.24, 2.45) is 0 Å². The van der Waals surface area contributed by atoms with E-state index >= 15 is 0 Å². The van der Waals surface area contributed by atoms with Crippen LogP contribution in [0, 0.1) is 0 Å². The highest BCUT2D eigenvalue weighted by molar-refractivity contribution is 5.64. The minimum Gasteiger partial charge on any atom is -0.465 e. The molecule has 0 spiro atoms. The number of amides is 1. The number of nitrogens with zero attached hydrogens (tertiary/aromatic N) is 2. The van der Waals surface area contributed by atoms with Crippen molar-refractivity contribution in [1.82, 2.24) is 14.9 Å². The van der Waals surface area contributed by atoms with Gasteiger partial charge in [0.25, 0.3) is 5.56 Å². The van der Waals surface area contributed by atoms with Gasteiger partial charge in [-0.15, -0.1) is 0 Å². The molecule has 22 heavy (non-hydrogen) atoms. The molecule has 0 saturated carbocycles. The third kappa shape index (κ3) is 3.62. The quantitative estimate of drug-likeness (QED) is 0.908. The van der Waals surface area contributed by atoms with Crippen LogP contribution in [-0.2, 0) is 12.7 Å².